The van der Waals surface area contributed by atoms with E-state index in [0.29, 0.717) is 10.8 Å². The summed E-state index contributed by atoms with van der Waals surface area (Å²) >= 11 is 5.78. The molecular formula is C15H13ClO3S. The van der Waals surface area contributed by atoms with Gasteiger partial charge in [-0.15, -0.1) is 0 Å². The van der Waals surface area contributed by atoms with Crippen molar-refractivity contribution in [2.24, 2.45) is 0 Å². The number of methoxy groups -OCH3 is 1. The van der Waals surface area contributed by atoms with E-state index in [9.17, 15) is 8.42 Å². The van der Waals surface area contributed by atoms with E-state index in [-0.39, 0.29) is 4.90 Å². The van der Waals surface area contributed by atoms with Gasteiger partial charge in [-0.3, -0.25) is 0 Å². The molecule has 0 radical (unpaired) electrons. The number of hydrogen-bond donors (Lipinski definition) is 0. The zero-order valence-electron chi connectivity index (χ0n) is 10.8. The SMILES string of the molecule is COc1ccccc1S(=O)(=O)/C=C/c1ccc(Cl)cc1. The molecular weight excluding hydrogens is 296 g/mol. The molecule has 0 N–H and O–H groups in total. The van der Waals surface area contributed by atoms with Crippen LogP contribution in [0.5, 0.6) is 5.75 Å². The summed E-state index contributed by atoms with van der Waals surface area (Å²) in [4.78, 5) is 0.146. The van der Waals surface area contributed by atoms with Gasteiger partial charge in [0.1, 0.15) is 10.6 Å². The lowest BCUT2D eigenvalue weighted by molar-refractivity contribution is 0.403. The van der Waals surface area contributed by atoms with Crippen molar-refractivity contribution in [3.05, 3.63) is 64.5 Å². The van der Waals surface area contributed by atoms with Crippen LogP contribution in [0.1, 0.15) is 5.56 Å². The highest BCUT2D eigenvalue weighted by atomic mass is 35.5. The minimum absolute atomic E-state index is 0.146. The van der Waals surface area contributed by atoms with Crippen LogP contribution < -0.4 is 4.74 Å². The fourth-order valence-corrected chi connectivity index (χ4v) is 2.98. The normalized spacial score (nSPS) is 11.7. The number of hydrogen-bond acceptors (Lipinski definition) is 3. The van der Waals surface area contributed by atoms with Gasteiger partial charge in [0.2, 0.25) is 9.84 Å². The highest BCUT2D eigenvalue weighted by Gasteiger charge is 2.15. The number of benzene rings is 2. The van der Waals surface area contributed by atoms with Crippen molar-refractivity contribution in [2.45, 2.75) is 4.90 Å². The Morgan fingerprint density at radius 3 is 2.35 bits per heavy atom. The van der Waals surface area contributed by atoms with Crippen molar-refractivity contribution in [3.63, 3.8) is 0 Å². The van der Waals surface area contributed by atoms with E-state index < -0.39 is 9.84 Å². The molecule has 0 heterocycles. The monoisotopic (exact) mass is 308 g/mol. The number of para-hydroxylation sites is 1. The van der Waals surface area contributed by atoms with E-state index in [2.05, 4.69) is 0 Å². The second kappa shape index (κ2) is 6.11. The summed E-state index contributed by atoms with van der Waals surface area (Å²) in [6, 6.07) is 13.4. The third-order valence-corrected chi connectivity index (χ3v) is 4.38. The highest BCUT2D eigenvalue weighted by Crippen LogP contribution is 2.25. The predicted molar refractivity (Wildman–Crippen MR) is 80.7 cm³/mol. The van der Waals surface area contributed by atoms with E-state index in [1.807, 2.05) is 0 Å². The molecule has 5 heteroatoms. The van der Waals surface area contributed by atoms with Crippen molar-refractivity contribution in [2.75, 3.05) is 7.11 Å². The van der Waals surface area contributed by atoms with Gasteiger partial charge < -0.3 is 4.74 Å². The second-order valence-corrected chi connectivity index (χ2v) is 6.29. The molecule has 0 atom stereocenters. The van der Waals surface area contributed by atoms with Crippen LogP contribution in [-0.2, 0) is 9.84 Å². The van der Waals surface area contributed by atoms with Gasteiger partial charge in [0.05, 0.1) is 7.11 Å². The topological polar surface area (TPSA) is 43.4 Å². The van der Waals surface area contributed by atoms with E-state index in [1.54, 1.807) is 42.5 Å². The summed E-state index contributed by atoms with van der Waals surface area (Å²) in [7, 11) is -2.11. The molecule has 0 amide bonds. The molecule has 0 saturated carbocycles. The molecule has 3 nitrogen and oxygen atoms in total. The summed E-state index contributed by atoms with van der Waals surface area (Å²) in [6.45, 7) is 0. The zero-order valence-corrected chi connectivity index (χ0v) is 12.4. The standard InChI is InChI=1S/C15H13ClO3S/c1-19-14-4-2-3-5-15(14)20(17,18)11-10-12-6-8-13(16)9-7-12/h2-11H,1H3/b11-10+. The first-order valence-corrected chi connectivity index (χ1v) is 7.77. The van der Waals surface area contributed by atoms with Crippen molar-refractivity contribution in [1.82, 2.24) is 0 Å². The van der Waals surface area contributed by atoms with Crippen LogP contribution in [0.15, 0.2) is 58.8 Å². The Balaban J connectivity index is 2.34. The molecule has 0 unspecified atom stereocenters. The van der Waals surface area contributed by atoms with Gasteiger partial charge in [-0.1, -0.05) is 35.9 Å². The van der Waals surface area contributed by atoms with E-state index in [1.165, 1.54) is 19.3 Å². The molecule has 0 spiro atoms. The van der Waals surface area contributed by atoms with Gasteiger partial charge in [0, 0.05) is 10.4 Å². The first kappa shape index (κ1) is 14.6. The molecule has 2 aromatic carbocycles. The third kappa shape index (κ3) is 3.40. The third-order valence-electron chi connectivity index (χ3n) is 2.69. The van der Waals surface area contributed by atoms with Gasteiger partial charge in [-0.2, -0.15) is 0 Å². The number of rotatable bonds is 4. The molecule has 0 fully saturated rings. The highest BCUT2D eigenvalue weighted by molar-refractivity contribution is 7.94. The minimum atomic E-state index is -3.55. The van der Waals surface area contributed by atoms with Crippen LogP contribution in [0.4, 0.5) is 0 Å². The zero-order chi connectivity index (χ0) is 14.6. The van der Waals surface area contributed by atoms with E-state index in [4.69, 9.17) is 16.3 Å². The molecule has 0 aliphatic rings. The van der Waals surface area contributed by atoms with E-state index >= 15 is 0 Å². The Bertz CT molecular complexity index is 719. The van der Waals surface area contributed by atoms with Crippen LogP contribution >= 0.6 is 11.6 Å². The van der Waals surface area contributed by atoms with Crippen molar-refractivity contribution < 1.29 is 13.2 Å². The minimum Gasteiger partial charge on any atom is -0.495 e. The van der Waals surface area contributed by atoms with Gasteiger partial charge >= 0.3 is 0 Å². The lowest BCUT2D eigenvalue weighted by Crippen LogP contribution is -1.99. The van der Waals surface area contributed by atoms with Gasteiger partial charge in [-0.25, -0.2) is 8.42 Å². The Morgan fingerprint density at radius 1 is 1.05 bits per heavy atom. The van der Waals surface area contributed by atoms with Crippen LogP contribution in [0.2, 0.25) is 5.02 Å². The lowest BCUT2D eigenvalue weighted by atomic mass is 10.2. The maximum absolute atomic E-state index is 12.3. The second-order valence-electron chi connectivity index (χ2n) is 4.05. The molecule has 104 valence electrons. The molecule has 0 aliphatic heterocycles. The van der Waals surface area contributed by atoms with Crippen molar-refractivity contribution in [3.8, 4) is 5.75 Å². The molecule has 0 aromatic heterocycles. The number of ether oxygens (including phenoxy) is 1. The maximum Gasteiger partial charge on any atom is 0.203 e. The summed E-state index contributed by atoms with van der Waals surface area (Å²) in [5.74, 6) is 0.327. The quantitative estimate of drug-likeness (QED) is 0.863. The molecule has 0 saturated heterocycles. The Labute approximate surface area is 123 Å². The number of sulfone groups is 1. The molecule has 2 aromatic rings. The Kier molecular flexibility index (Phi) is 4.47. The van der Waals surface area contributed by atoms with Crippen LogP contribution in [0.25, 0.3) is 6.08 Å². The molecule has 0 aliphatic carbocycles. The maximum atomic E-state index is 12.3. The van der Waals surface area contributed by atoms with Crippen LogP contribution in [0.3, 0.4) is 0 Å². The molecule has 2 rings (SSSR count). The van der Waals surface area contributed by atoms with E-state index in [0.717, 1.165) is 11.0 Å². The van der Waals surface area contributed by atoms with Gasteiger partial charge in [-0.05, 0) is 35.9 Å². The summed E-state index contributed by atoms with van der Waals surface area (Å²) in [5.41, 5.74) is 0.757. The fraction of sp³-hybridized carbons (Fsp3) is 0.0667. The fourth-order valence-electron chi connectivity index (χ4n) is 1.67. The lowest BCUT2D eigenvalue weighted by Gasteiger charge is -2.06. The largest absolute Gasteiger partial charge is 0.495 e. The molecule has 0 bridgehead atoms. The first-order valence-electron chi connectivity index (χ1n) is 5.85. The average Bonchev–Trinajstić information content (AvgIpc) is 2.46. The summed E-state index contributed by atoms with van der Waals surface area (Å²) in [5, 5.41) is 1.77. The van der Waals surface area contributed by atoms with Gasteiger partial charge in [0.15, 0.2) is 0 Å². The predicted octanol–water partition coefficient (Wildman–Crippen LogP) is 3.79. The number of halogens is 1. The summed E-state index contributed by atoms with van der Waals surface area (Å²) < 4.78 is 29.6. The molecule has 20 heavy (non-hydrogen) atoms. The van der Waals surface area contributed by atoms with Crippen LogP contribution in [0, 0.1) is 0 Å². The average molecular weight is 309 g/mol. The first-order chi connectivity index (χ1) is 9.53. The Hall–Kier alpha value is -1.78. The smallest absolute Gasteiger partial charge is 0.203 e. The van der Waals surface area contributed by atoms with Gasteiger partial charge in [0.25, 0.3) is 0 Å². The van der Waals surface area contributed by atoms with Crippen molar-refractivity contribution >= 4 is 27.5 Å². The van der Waals surface area contributed by atoms with Crippen molar-refractivity contribution in [1.29, 1.82) is 0 Å². The van der Waals surface area contributed by atoms with Crippen LogP contribution in [-0.4, -0.2) is 15.5 Å². The Morgan fingerprint density at radius 2 is 1.70 bits per heavy atom. The summed E-state index contributed by atoms with van der Waals surface area (Å²) in [6.07, 6.45) is 1.53.